The molecule has 0 spiro atoms. The zero-order chi connectivity index (χ0) is 12.3. The second kappa shape index (κ2) is 9.86. The minimum Gasteiger partial charge on any atom is -0.380 e. The first-order valence-electron chi connectivity index (χ1n) is 7.24. The highest BCUT2D eigenvalue weighted by Crippen LogP contribution is 2.13. The van der Waals surface area contributed by atoms with E-state index in [9.17, 15) is 0 Å². The van der Waals surface area contributed by atoms with E-state index in [1.807, 2.05) is 0 Å². The monoisotopic (exact) mass is 243 g/mol. The van der Waals surface area contributed by atoms with Gasteiger partial charge in [-0.3, -0.25) is 4.90 Å². The van der Waals surface area contributed by atoms with Crippen LogP contribution in [0.4, 0.5) is 0 Å². The number of rotatable bonds is 9. The first-order valence-corrected chi connectivity index (χ1v) is 7.24. The van der Waals surface area contributed by atoms with Crippen LogP contribution in [0.3, 0.4) is 0 Å². The van der Waals surface area contributed by atoms with E-state index in [1.165, 1.54) is 25.7 Å². The summed E-state index contributed by atoms with van der Waals surface area (Å²) in [5.41, 5.74) is 0. The highest BCUT2D eigenvalue weighted by molar-refractivity contribution is 4.62. The average molecular weight is 243 g/mol. The van der Waals surface area contributed by atoms with Gasteiger partial charge in [-0.05, 0) is 18.8 Å². The summed E-state index contributed by atoms with van der Waals surface area (Å²) in [5, 5.41) is 0. The SMILES string of the molecule is CCCC(CCC)COCCN1CCOCC1. The van der Waals surface area contributed by atoms with Crippen LogP contribution in [0.15, 0.2) is 0 Å². The van der Waals surface area contributed by atoms with Gasteiger partial charge >= 0.3 is 0 Å². The molecule has 1 heterocycles. The zero-order valence-corrected chi connectivity index (χ0v) is 11.6. The molecule has 0 aliphatic carbocycles. The maximum Gasteiger partial charge on any atom is 0.0594 e. The van der Waals surface area contributed by atoms with E-state index < -0.39 is 0 Å². The van der Waals surface area contributed by atoms with E-state index in [1.54, 1.807) is 0 Å². The molecule has 17 heavy (non-hydrogen) atoms. The summed E-state index contributed by atoms with van der Waals surface area (Å²) in [5.74, 6) is 0.773. The molecule has 0 bridgehead atoms. The number of hydrogen-bond donors (Lipinski definition) is 0. The van der Waals surface area contributed by atoms with Crippen LogP contribution in [-0.2, 0) is 9.47 Å². The van der Waals surface area contributed by atoms with Crippen molar-refractivity contribution in [3.8, 4) is 0 Å². The molecule has 0 saturated carbocycles. The summed E-state index contributed by atoms with van der Waals surface area (Å²) in [4.78, 5) is 2.43. The highest BCUT2D eigenvalue weighted by atomic mass is 16.5. The molecular weight excluding hydrogens is 214 g/mol. The van der Waals surface area contributed by atoms with Gasteiger partial charge in [0.15, 0.2) is 0 Å². The Labute approximate surface area is 106 Å². The normalized spacial score (nSPS) is 17.8. The van der Waals surface area contributed by atoms with Crippen molar-refractivity contribution in [3.63, 3.8) is 0 Å². The van der Waals surface area contributed by atoms with Crippen molar-refractivity contribution in [2.75, 3.05) is 46.1 Å². The van der Waals surface area contributed by atoms with Gasteiger partial charge < -0.3 is 9.47 Å². The fourth-order valence-corrected chi connectivity index (χ4v) is 2.40. The molecule has 1 aliphatic heterocycles. The third-order valence-electron chi connectivity index (χ3n) is 3.40. The van der Waals surface area contributed by atoms with Gasteiger partial charge in [0.05, 0.1) is 19.8 Å². The fourth-order valence-electron chi connectivity index (χ4n) is 2.40. The van der Waals surface area contributed by atoms with Gasteiger partial charge in [0.25, 0.3) is 0 Å². The zero-order valence-electron chi connectivity index (χ0n) is 11.6. The molecule has 1 rings (SSSR count). The second-order valence-electron chi connectivity index (χ2n) is 4.97. The minimum atomic E-state index is 0.773. The predicted molar refractivity (Wildman–Crippen MR) is 71.4 cm³/mol. The lowest BCUT2D eigenvalue weighted by molar-refractivity contribution is 0.0147. The topological polar surface area (TPSA) is 21.7 Å². The van der Waals surface area contributed by atoms with Gasteiger partial charge in [0.1, 0.15) is 0 Å². The smallest absolute Gasteiger partial charge is 0.0594 e. The van der Waals surface area contributed by atoms with Gasteiger partial charge in [-0.2, -0.15) is 0 Å². The molecule has 0 aromatic carbocycles. The number of hydrogen-bond acceptors (Lipinski definition) is 3. The minimum absolute atomic E-state index is 0.773. The molecule has 0 N–H and O–H groups in total. The predicted octanol–water partition coefficient (Wildman–Crippen LogP) is 2.55. The van der Waals surface area contributed by atoms with Crippen LogP contribution in [0.1, 0.15) is 39.5 Å². The van der Waals surface area contributed by atoms with E-state index in [0.717, 1.165) is 52.0 Å². The van der Waals surface area contributed by atoms with E-state index in [-0.39, 0.29) is 0 Å². The maximum absolute atomic E-state index is 5.82. The number of nitrogens with zero attached hydrogens (tertiary/aromatic N) is 1. The van der Waals surface area contributed by atoms with Crippen LogP contribution >= 0.6 is 0 Å². The van der Waals surface area contributed by atoms with Crippen LogP contribution in [0, 0.1) is 5.92 Å². The van der Waals surface area contributed by atoms with Crippen molar-refractivity contribution >= 4 is 0 Å². The van der Waals surface area contributed by atoms with E-state index >= 15 is 0 Å². The Morgan fingerprint density at radius 3 is 2.35 bits per heavy atom. The van der Waals surface area contributed by atoms with Crippen LogP contribution in [0.5, 0.6) is 0 Å². The Morgan fingerprint density at radius 1 is 1.12 bits per heavy atom. The lowest BCUT2D eigenvalue weighted by Gasteiger charge is -2.26. The van der Waals surface area contributed by atoms with E-state index in [4.69, 9.17) is 9.47 Å². The Kier molecular flexibility index (Phi) is 8.67. The summed E-state index contributed by atoms with van der Waals surface area (Å²) < 4.78 is 11.1. The first kappa shape index (κ1) is 14.9. The summed E-state index contributed by atoms with van der Waals surface area (Å²) in [6, 6.07) is 0. The largest absolute Gasteiger partial charge is 0.380 e. The quantitative estimate of drug-likeness (QED) is 0.581. The van der Waals surface area contributed by atoms with Crippen molar-refractivity contribution in [2.45, 2.75) is 39.5 Å². The van der Waals surface area contributed by atoms with Gasteiger partial charge in [-0.15, -0.1) is 0 Å². The number of morpholine rings is 1. The van der Waals surface area contributed by atoms with Crippen molar-refractivity contribution in [1.82, 2.24) is 4.90 Å². The molecule has 0 aromatic rings. The Hall–Kier alpha value is -0.120. The third-order valence-corrected chi connectivity index (χ3v) is 3.40. The molecular formula is C14H29NO2. The van der Waals surface area contributed by atoms with Gasteiger partial charge in [-0.25, -0.2) is 0 Å². The van der Waals surface area contributed by atoms with Gasteiger partial charge in [0, 0.05) is 26.2 Å². The molecule has 1 saturated heterocycles. The van der Waals surface area contributed by atoms with Crippen molar-refractivity contribution in [2.24, 2.45) is 5.92 Å². The summed E-state index contributed by atoms with van der Waals surface area (Å²) >= 11 is 0. The first-order chi connectivity index (χ1) is 8.36. The molecule has 0 aromatic heterocycles. The van der Waals surface area contributed by atoms with Gasteiger partial charge in [-0.1, -0.05) is 26.7 Å². The molecule has 0 radical (unpaired) electrons. The van der Waals surface area contributed by atoms with Crippen molar-refractivity contribution in [1.29, 1.82) is 0 Å². The standard InChI is InChI=1S/C14H29NO2/c1-3-5-14(6-4-2)13-17-12-9-15-7-10-16-11-8-15/h14H,3-13H2,1-2H3. The fraction of sp³-hybridized carbons (Fsp3) is 1.00. The van der Waals surface area contributed by atoms with Crippen LogP contribution in [0.25, 0.3) is 0 Å². The summed E-state index contributed by atoms with van der Waals surface area (Å²) in [6.07, 6.45) is 5.17. The molecule has 102 valence electrons. The van der Waals surface area contributed by atoms with E-state index in [2.05, 4.69) is 18.7 Å². The van der Waals surface area contributed by atoms with Crippen LogP contribution in [0.2, 0.25) is 0 Å². The Bertz CT molecular complexity index is 164. The number of ether oxygens (including phenoxy) is 2. The van der Waals surface area contributed by atoms with Crippen molar-refractivity contribution < 1.29 is 9.47 Å². The Morgan fingerprint density at radius 2 is 1.76 bits per heavy atom. The highest BCUT2D eigenvalue weighted by Gasteiger charge is 2.10. The van der Waals surface area contributed by atoms with Crippen LogP contribution < -0.4 is 0 Å². The molecule has 0 unspecified atom stereocenters. The molecule has 0 amide bonds. The summed E-state index contributed by atoms with van der Waals surface area (Å²) in [6.45, 7) is 11.3. The van der Waals surface area contributed by atoms with Crippen LogP contribution in [-0.4, -0.2) is 51.0 Å². The molecule has 1 fully saturated rings. The molecule has 3 nitrogen and oxygen atoms in total. The average Bonchev–Trinajstić information content (AvgIpc) is 2.36. The second-order valence-corrected chi connectivity index (χ2v) is 4.97. The summed E-state index contributed by atoms with van der Waals surface area (Å²) in [7, 11) is 0. The molecule has 3 heteroatoms. The molecule has 0 atom stereocenters. The Balaban J connectivity index is 2.00. The maximum atomic E-state index is 5.82. The van der Waals surface area contributed by atoms with Crippen molar-refractivity contribution in [3.05, 3.63) is 0 Å². The molecule has 1 aliphatic rings. The van der Waals surface area contributed by atoms with E-state index in [0.29, 0.717) is 0 Å². The lowest BCUT2D eigenvalue weighted by Crippen LogP contribution is -2.38. The van der Waals surface area contributed by atoms with Gasteiger partial charge in [0.2, 0.25) is 0 Å². The third kappa shape index (κ3) is 7.02. The lowest BCUT2D eigenvalue weighted by atomic mass is 9.99.